The van der Waals surface area contributed by atoms with Crippen LogP contribution in [0.5, 0.6) is 0 Å². The van der Waals surface area contributed by atoms with Crippen LogP contribution in [0.15, 0.2) is 30.3 Å². The summed E-state index contributed by atoms with van der Waals surface area (Å²) in [6.45, 7) is 9.76. The maximum absolute atomic E-state index is 13.0. The highest BCUT2D eigenvalue weighted by atomic mass is 16.1. The number of aryl methyl sites for hydroxylation is 3. The molecular formula is C23H29N5O. The zero-order valence-corrected chi connectivity index (χ0v) is 17.5. The Balaban J connectivity index is 1.60. The van der Waals surface area contributed by atoms with Crippen LogP contribution >= 0.6 is 0 Å². The van der Waals surface area contributed by atoms with Crippen LogP contribution < -0.4 is 5.32 Å². The number of hydrogen-bond donors (Lipinski definition) is 1. The number of fused-ring (bicyclic) bond motifs is 1. The van der Waals surface area contributed by atoms with Crippen LogP contribution in [0.2, 0.25) is 0 Å². The Morgan fingerprint density at radius 2 is 1.79 bits per heavy atom. The summed E-state index contributed by atoms with van der Waals surface area (Å²) in [5.74, 6) is -0.0518. The first-order chi connectivity index (χ1) is 14.0. The Labute approximate surface area is 171 Å². The van der Waals surface area contributed by atoms with Crippen molar-refractivity contribution in [2.24, 2.45) is 0 Å². The third kappa shape index (κ3) is 4.17. The van der Waals surface area contributed by atoms with Gasteiger partial charge in [0.2, 0.25) is 0 Å². The van der Waals surface area contributed by atoms with Crippen LogP contribution in [-0.2, 0) is 0 Å². The van der Waals surface area contributed by atoms with E-state index in [9.17, 15) is 4.79 Å². The van der Waals surface area contributed by atoms with Crippen molar-refractivity contribution in [3.8, 4) is 5.69 Å². The summed E-state index contributed by atoms with van der Waals surface area (Å²) in [6.07, 6.45) is 3.84. The van der Waals surface area contributed by atoms with Gasteiger partial charge in [-0.2, -0.15) is 5.10 Å². The van der Waals surface area contributed by atoms with Crippen molar-refractivity contribution in [3.63, 3.8) is 0 Å². The summed E-state index contributed by atoms with van der Waals surface area (Å²) in [7, 11) is 0. The molecular weight excluding hydrogens is 362 g/mol. The number of carbonyl (C=O) groups excluding carboxylic acids is 1. The number of aromatic nitrogens is 3. The van der Waals surface area contributed by atoms with E-state index in [1.807, 2.05) is 36.7 Å². The number of nitrogens with one attached hydrogen (secondary N) is 1. The molecule has 0 bridgehead atoms. The first kappa shape index (κ1) is 19.6. The van der Waals surface area contributed by atoms with Crippen LogP contribution in [0.1, 0.15) is 46.6 Å². The van der Waals surface area contributed by atoms with Gasteiger partial charge in [0.15, 0.2) is 5.65 Å². The van der Waals surface area contributed by atoms with Gasteiger partial charge in [0, 0.05) is 18.8 Å². The van der Waals surface area contributed by atoms with E-state index in [4.69, 9.17) is 10.1 Å². The second-order valence-corrected chi connectivity index (χ2v) is 8.00. The lowest BCUT2D eigenvalue weighted by Crippen LogP contribution is -2.37. The van der Waals surface area contributed by atoms with Gasteiger partial charge >= 0.3 is 0 Å². The van der Waals surface area contributed by atoms with Crippen molar-refractivity contribution >= 4 is 16.9 Å². The number of pyridine rings is 1. The largest absolute Gasteiger partial charge is 0.351 e. The average molecular weight is 392 g/mol. The van der Waals surface area contributed by atoms with E-state index in [1.54, 1.807) is 0 Å². The predicted octanol–water partition coefficient (Wildman–Crippen LogP) is 3.56. The lowest BCUT2D eigenvalue weighted by atomic mass is 10.1. The molecule has 1 aliphatic rings. The van der Waals surface area contributed by atoms with Crippen molar-refractivity contribution < 1.29 is 4.79 Å². The predicted molar refractivity (Wildman–Crippen MR) is 116 cm³/mol. The van der Waals surface area contributed by atoms with Crippen LogP contribution in [0.25, 0.3) is 16.7 Å². The molecule has 1 amide bonds. The van der Waals surface area contributed by atoms with Gasteiger partial charge in [0.1, 0.15) is 0 Å². The van der Waals surface area contributed by atoms with Crippen molar-refractivity contribution in [2.75, 3.05) is 26.2 Å². The monoisotopic (exact) mass is 391 g/mol. The summed E-state index contributed by atoms with van der Waals surface area (Å²) in [5, 5.41) is 8.62. The van der Waals surface area contributed by atoms with Crippen molar-refractivity contribution in [3.05, 3.63) is 52.8 Å². The van der Waals surface area contributed by atoms with Gasteiger partial charge in [-0.15, -0.1) is 0 Å². The molecule has 3 aromatic rings. The van der Waals surface area contributed by atoms with Crippen LogP contribution in [0.4, 0.5) is 0 Å². The van der Waals surface area contributed by atoms with Gasteiger partial charge in [-0.3, -0.25) is 4.79 Å². The molecule has 1 N–H and O–H groups in total. The fourth-order valence-corrected chi connectivity index (χ4v) is 4.06. The van der Waals surface area contributed by atoms with E-state index in [-0.39, 0.29) is 5.91 Å². The lowest BCUT2D eigenvalue weighted by molar-refractivity contribution is 0.0948. The number of nitrogens with zero attached hydrogens (tertiary/aromatic N) is 4. The molecule has 1 fully saturated rings. The fraction of sp³-hybridized carbons (Fsp3) is 0.435. The molecule has 1 aromatic carbocycles. The normalized spacial score (nSPS) is 15.0. The summed E-state index contributed by atoms with van der Waals surface area (Å²) >= 11 is 0. The summed E-state index contributed by atoms with van der Waals surface area (Å²) in [5.41, 5.74) is 5.15. The van der Waals surface area contributed by atoms with E-state index in [2.05, 4.69) is 29.3 Å². The molecule has 0 aliphatic carbocycles. The zero-order valence-electron chi connectivity index (χ0n) is 17.5. The van der Waals surface area contributed by atoms with Crippen molar-refractivity contribution in [2.45, 2.75) is 40.0 Å². The Morgan fingerprint density at radius 1 is 1.07 bits per heavy atom. The third-order valence-electron chi connectivity index (χ3n) is 5.63. The van der Waals surface area contributed by atoms with Crippen LogP contribution in [0, 0.1) is 20.8 Å². The highest BCUT2D eigenvalue weighted by molar-refractivity contribution is 6.06. The van der Waals surface area contributed by atoms with Crippen molar-refractivity contribution in [1.82, 2.24) is 25.0 Å². The number of likely N-dealkylation sites (tertiary alicyclic amines) is 1. The first-order valence-corrected chi connectivity index (χ1v) is 10.5. The van der Waals surface area contributed by atoms with E-state index >= 15 is 0 Å². The quantitative estimate of drug-likeness (QED) is 0.722. The molecule has 0 radical (unpaired) electrons. The molecule has 0 atom stereocenters. The second-order valence-electron chi connectivity index (χ2n) is 8.00. The number of rotatable bonds is 5. The molecule has 152 valence electrons. The minimum Gasteiger partial charge on any atom is -0.351 e. The summed E-state index contributed by atoms with van der Waals surface area (Å²) in [6, 6.07) is 10.0. The van der Waals surface area contributed by atoms with E-state index in [0.717, 1.165) is 47.7 Å². The standard InChI is InChI=1S/C23H29N5O/c1-16-7-9-19(10-8-16)28-22-21(18(3)26-28)20(15-17(2)25-22)23(29)24-11-14-27-12-5-4-6-13-27/h7-10,15H,4-6,11-14H2,1-3H3,(H,24,29). The Hall–Kier alpha value is -2.73. The van der Waals surface area contributed by atoms with Gasteiger partial charge in [-0.1, -0.05) is 24.1 Å². The smallest absolute Gasteiger partial charge is 0.252 e. The fourth-order valence-electron chi connectivity index (χ4n) is 4.06. The molecule has 0 saturated carbocycles. The highest BCUT2D eigenvalue weighted by Gasteiger charge is 2.19. The Bertz CT molecular complexity index is 1020. The van der Waals surface area contributed by atoms with E-state index in [1.165, 1.54) is 24.8 Å². The number of piperidine rings is 1. The maximum Gasteiger partial charge on any atom is 0.252 e. The molecule has 6 heteroatoms. The highest BCUT2D eigenvalue weighted by Crippen LogP contribution is 2.25. The van der Waals surface area contributed by atoms with E-state index in [0.29, 0.717) is 12.1 Å². The molecule has 4 rings (SSSR count). The minimum atomic E-state index is -0.0518. The van der Waals surface area contributed by atoms with Crippen molar-refractivity contribution in [1.29, 1.82) is 0 Å². The molecule has 0 unspecified atom stereocenters. The molecule has 3 heterocycles. The van der Waals surface area contributed by atoms with Gasteiger partial charge < -0.3 is 10.2 Å². The molecule has 1 saturated heterocycles. The van der Waals surface area contributed by atoms with Gasteiger partial charge in [0.05, 0.1) is 22.3 Å². The maximum atomic E-state index is 13.0. The minimum absolute atomic E-state index is 0.0518. The number of amides is 1. The van der Waals surface area contributed by atoms with Gasteiger partial charge in [0.25, 0.3) is 5.91 Å². The number of hydrogen-bond acceptors (Lipinski definition) is 4. The molecule has 0 spiro atoms. The summed E-state index contributed by atoms with van der Waals surface area (Å²) in [4.78, 5) is 20.1. The first-order valence-electron chi connectivity index (χ1n) is 10.5. The topological polar surface area (TPSA) is 63.1 Å². The molecule has 29 heavy (non-hydrogen) atoms. The average Bonchev–Trinajstić information content (AvgIpc) is 3.05. The number of carbonyl (C=O) groups is 1. The van der Waals surface area contributed by atoms with Crippen LogP contribution in [-0.4, -0.2) is 51.8 Å². The van der Waals surface area contributed by atoms with Gasteiger partial charge in [-0.25, -0.2) is 9.67 Å². The lowest BCUT2D eigenvalue weighted by Gasteiger charge is -2.26. The third-order valence-corrected chi connectivity index (χ3v) is 5.63. The molecule has 2 aromatic heterocycles. The van der Waals surface area contributed by atoms with Crippen LogP contribution in [0.3, 0.4) is 0 Å². The van der Waals surface area contributed by atoms with Gasteiger partial charge in [-0.05, 0) is 64.9 Å². The molecule has 6 nitrogen and oxygen atoms in total. The molecule has 1 aliphatic heterocycles. The van der Waals surface area contributed by atoms with E-state index < -0.39 is 0 Å². The number of benzene rings is 1. The Morgan fingerprint density at radius 3 is 2.52 bits per heavy atom. The SMILES string of the molecule is Cc1ccc(-n2nc(C)c3c(C(=O)NCCN4CCCCC4)cc(C)nc32)cc1. The summed E-state index contributed by atoms with van der Waals surface area (Å²) < 4.78 is 1.83. The zero-order chi connectivity index (χ0) is 20.4. The Kier molecular flexibility index (Phi) is 5.62. The second kappa shape index (κ2) is 8.33.